The van der Waals surface area contributed by atoms with E-state index in [0.717, 1.165) is 18.9 Å². The fourth-order valence-electron chi connectivity index (χ4n) is 3.69. The molecule has 9 nitrogen and oxygen atoms in total. The summed E-state index contributed by atoms with van der Waals surface area (Å²) >= 11 is 5.70. The van der Waals surface area contributed by atoms with Crippen molar-refractivity contribution in [1.29, 1.82) is 0 Å². The Morgan fingerprint density at radius 2 is 1.83 bits per heavy atom. The molecule has 0 saturated heterocycles. The van der Waals surface area contributed by atoms with Gasteiger partial charge in [0.25, 0.3) is 5.91 Å². The van der Waals surface area contributed by atoms with Crippen molar-refractivity contribution < 1.29 is 28.9 Å². The Kier molecular flexibility index (Phi) is 9.13. The quantitative estimate of drug-likeness (QED) is 0.272. The number of nitrogens with one attached hydrogen (secondary N) is 2. The summed E-state index contributed by atoms with van der Waals surface area (Å²) in [7, 11) is 2.96. The number of carbonyl (C=O) groups excluding carboxylic acids is 1. The van der Waals surface area contributed by atoms with Gasteiger partial charge in [0.1, 0.15) is 22.8 Å². The molecule has 0 aliphatic rings. The van der Waals surface area contributed by atoms with Crippen LogP contribution in [0.25, 0.3) is 11.1 Å². The first-order valence-corrected chi connectivity index (χ1v) is 11.7. The maximum atomic E-state index is 13.9. The number of anilines is 1. The molecule has 0 spiro atoms. The van der Waals surface area contributed by atoms with Crippen molar-refractivity contribution in [3.05, 3.63) is 52.6 Å². The van der Waals surface area contributed by atoms with Crippen LogP contribution in [0.5, 0.6) is 23.1 Å². The molecular formula is C25H28ClFN4O5. The third-order valence-electron chi connectivity index (χ3n) is 5.41. The third kappa shape index (κ3) is 5.88. The first-order chi connectivity index (χ1) is 17.3. The molecule has 1 amide bonds. The van der Waals surface area contributed by atoms with E-state index in [9.17, 15) is 19.4 Å². The van der Waals surface area contributed by atoms with Crippen molar-refractivity contribution in [3.63, 3.8) is 0 Å². The number of methoxy groups -OCH3 is 2. The number of benzene rings is 1. The maximum absolute atomic E-state index is 13.9. The highest BCUT2D eigenvalue weighted by Crippen LogP contribution is 2.47. The minimum atomic E-state index is -0.763. The summed E-state index contributed by atoms with van der Waals surface area (Å²) in [6, 6.07) is 6.24. The number of ether oxygens (including phenoxy) is 2. The van der Waals surface area contributed by atoms with Crippen LogP contribution in [0, 0.1) is 5.82 Å². The summed E-state index contributed by atoms with van der Waals surface area (Å²) in [5.74, 6) is -1.66. The Bertz CT molecular complexity index is 1220. The maximum Gasteiger partial charge on any atom is 0.260 e. The van der Waals surface area contributed by atoms with Gasteiger partial charge in [0.2, 0.25) is 5.88 Å². The molecule has 0 unspecified atom stereocenters. The molecule has 0 radical (unpaired) electrons. The Balaban J connectivity index is 1.92. The van der Waals surface area contributed by atoms with E-state index in [1.165, 1.54) is 20.4 Å². The van der Waals surface area contributed by atoms with Crippen molar-refractivity contribution in [1.82, 2.24) is 15.3 Å². The number of rotatable bonds is 11. The van der Waals surface area contributed by atoms with Gasteiger partial charge < -0.3 is 30.3 Å². The highest BCUT2D eigenvalue weighted by Gasteiger charge is 2.28. The molecule has 2 aromatic heterocycles. The molecule has 2 heterocycles. The third-order valence-corrected chi connectivity index (χ3v) is 5.62. The van der Waals surface area contributed by atoms with Crippen molar-refractivity contribution in [2.75, 3.05) is 32.6 Å². The standard InChI is InChI=1S/C25H28ClFN4O5/c1-4-5-7-16-19(20-17(35-2)8-6-9-18(20)36-3)22(32)21(25(34)31-16)24(33)29-11-10-28-23-15(27)12-14(26)13-30-23/h6,8-9,12-13H,4-5,7,10-11H2,1-3H3,(H,28,30)(H,29,33)(H2,31,32,34). The number of unbranched alkanes of at least 4 members (excludes halogenated alkanes) is 1. The molecule has 3 aromatic rings. The van der Waals surface area contributed by atoms with E-state index in [4.69, 9.17) is 21.1 Å². The minimum absolute atomic E-state index is 0.0214. The Hall–Kier alpha value is -3.79. The number of hydrogen-bond acceptors (Lipinski definition) is 8. The zero-order valence-electron chi connectivity index (χ0n) is 20.2. The number of carbonyl (C=O) groups is 1. The number of pyridine rings is 2. The Labute approximate surface area is 213 Å². The van der Waals surface area contributed by atoms with Gasteiger partial charge in [-0.05, 0) is 31.0 Å². The van der Waals surface area contributed by atoms with Gasteiger partial charge in [0, 0.05) is 19.3 Å². The SMILES string of the molecule is CCCCc1nc(O)c(C(=O)NCCNc2ncc(Cl)cc2F)c(O)c1-c1c(OC)cccc1OC. The lowest BCUT2D eigenvalue weighted by Gasteiger charge is -2.19. The van der Waals surface area contributed by atoms with Crippen LogP contribution in [-0.4, -0.2) is 53.4 Å². The number of halogens is 2. The normalized spacial score (nSPS) is 10.7. The van der Waals surface area contributed by atoms with Gasteiger partial charge >= 0.3 is 0 Å². The summed E-state index contributed by atoms with van der Waals surface area (Å²) in [5.41, 5.74) is 0.663. The first-order valence-electron chi connectivity index (χ1n) is 11.3. The van der Waals surface area contributed by atoms with E-state index in [1.54, 1.807) is 18.2 Å². The zero-order valence-corrected chi connectivity index (χ0v) is 20.9. The van der Waals surface area contributed by atoms with E-state index in [1.807, 2.05) is 6.92 Å². The van der Waals surface area contributed by atoms with Gasteiger partial charge in [-0.2, -0.15) is 0 Å². The van der Waals surface area contributed by atoms with Crippen LogP contribution >= 0.6 is 11.6 Å². The van der Waals surface area contributed by atoms with Crippen LogP contribution in [0.2, 0.25) is 5.02 Å². The summed E-state index contributed by atoms with van der Waals surface area (Å²) in [6.07, 6.45) is 3.33. The number of aromatic hydroxyl groups is 2. The second-order valence-corrected chi connectivity index (χ2v) is 8.22. The summed E-state index contributed by atoms with van der Waals surface area (Å²) in [4.78, 5) is 21.1. The van der Waals surface area contributed by atoms with Gasteiger partial charge in [0.05, 0.1) is 36.1 Å². The second kappa shape index (κ2) is 12.3. The molecule has 192 valence electrons. The largest absolute Gasteiger partial charge is 0.506 e. The summed E-state index contributed by atoms with van der Waals surface area (Å²) < 4.78 is 24.9. The predicted octanol–water partition coefficient (Wildman–Crippen LogP) is 4.55. The Morgan fingerprint density at radius 1 is 1.14 bits per heavy atom. The molecule has 3 rings (SSSR count). The van der Waals surface area contributed by atoms with Gasteiger partial charge in [-0.25, -0.2) is 14.4 Å². The fraction of sp³-hybridized carbons (Fsp3) is 0.320. The van der Waals surface area contributed by atoms with Crippen molar-refractivity contribution in [2.24, 2.45) is 0 Å². The molecule has 0 bridgehead atoms. The highest BCUT2D eigenvalue weighted by molar-refractivity contribution is 6.30. The zero-order chi connectivity index (χ0) is 26.2. The van der Waals surface area contributed by atoms with E-state index in [2.05, 4.69) is 20.6 Å². The fourth-order valence-corrected chi connectivity index (χ4v) is 3.84. The average molecular weight is 519 g/mol. The number of nitrogens with zero attached hydrogens (tertiary/aromatic N) is 2. The molecule has 0 saturated carbocycles. The first kappa shape index (κ1) is 26.8. The van der Waals surface area contributed by atoms with Crippen LogP contribution in [0.3, 0.4) is 0 Å². The molecular weight excluding hydrogens is 491 g/mol. The monoisotopic (exact) mass is 518 g/mol. The topological polar surface area (TPSA) is 126 Å². The van der Waals surface area contributed by atoms with E-state index >= 15 is 0 Å². The number of aryl methyl sites for hydroxylation is 1. The van der Waals surface area contributed by atoms with Gasteiger partial charge in [-0.15, -0.1) is 0 Å². The van der Waals surface area contributed by atoms with Crippen LogP contribution < -0.4 is 20.1 Å². The number of hydrogen-bond donors (Lipinski definition) is 4. The lowest BCUT2D eigenvalue weighted by Crippen LogP contribution is -2.29. The second-order valence-electron chi connectivity index (χ2n) is 7.79. The molecule has 36 heavy (non-hydrogen) atoms. The van der Waals surface area contributed by atoms with E-state index in [0.29, 0.717) is 29.2 Å². The molecule has 0 aliphatic heterocycles. The smallest absolute Gasteiger partial charge is 0.260 e. The van der Waals surface area contributed by atoms with Crippen LogP contribution in [0.1, 0.15) is 35.8 Å². The highest BCUT2D eigenvalue weighted by atomic mass is 35.5. The lowest BCUT2D eigenvalue weighted by atomic mass is 9.95. The van der Waals surface area contributed by atoms with E-state index < -0.39 is 28.9 Å². The number of amides is 1. The number of aromatic nitrogens is 2. The predicted molar refractivity (Wildman–Crippen MR) is 135 cm³/mol. The molecule has 0 fully saturated rings. The van der Waals surface area contributed by atoms with E-state index in [-0.39, 0.29) is 29.5 Å². The molecule has 11 heteroatoms. The summed E-state index contributed by atoms with van der Waals surface area (Å²) in [6.45, 7) is 2.16. The molecule has 4 N–H and O–H groups in total. The van der Waals surface area contributed by atoms with Crippen LogP contribution in [0.15, 0.2) is 30.5 Å². The van der Waals surface area contributed by atoms with Gasteiger partial charge in [-0.3, -0.25) is 4.79 Å². The molecule has 0 aliphatic carbocycles. The summed E-state index contributed by atoms with van der Waals surface area (Å²) in [5, 5.41) is 27.3. The lowest BCUT2D eigenvalue weighted by molar-refractivity contribution is 0.0949. The Morgan fingerprint density at radius 3 is 2.44 bits per heavy atom. The van der Waals surface area contributed by atoms with Gasteiger partial charge in [-0.1, -0.05) is 31.0 Å². The van der Waals surface area contributed by atoms with Crippen molar-refractivity contribution >= 4 is 23.3 Å². The minimum Gasteiger partial charge on any atom is -0.506 e. The van der Waals surface area contributed by atoms with Gasteiger partial charge in [0.15, 0.2) is 11.6 Å². The van der Waals surface area contributed by atoms with Crippen molar-refractivity contribution in [2.45, 2.75) is 26.2 Å². The average Bonchev–Trinajstić information content (AvgIpc) is 2.85. The van der Waals surface area contributed by atoms with Crippen molar-refractivity contribution in [3.8, 4) is 34.3 Å². The van der Waals surface area contributed by atoms with Crippen LogP contribution in [0.4, 0.5) is 10.2 Å². The van der Waals surface area contributed by atoms with Crippen LogP contribution in [-0.2, 0) is 6.42 Å². The molecule has 1 aromatic carbocycles. The molecule has 0 atom stereocenters.